The highest BCUT2D eigenvalue weighted by atomic mass is 35.5. The van der Waals surface area contributed by atoms with E-state index in [9.17, 15) is 37.1 Å². The Morgan fingerprint density at radius 2 is 1.85 bits per heavy atom. The topological polar surface area (TPSA) is 187 Å². The van der Waals surface area contributed by atoms with Gasteiger partial charge in [0.2, 0.25) is 17.9 Å². The number of hydrogen-bond donors (Lipinski definition) is 3. The molecule has 21 heteroatoms. The molecule has 1 aliphatic rings. The third kappa shape index (κ3) is 12.9. The molecule has 0 spiro atoms. The molecule has 68 heavy (non-hydrogen) atoms. The van der Waals surface area contributed by atoms with Gasteiger partial charge in [-0.05, 0) is 71.5 Å². The summed E-state index contributed by atoms with van der Waals surface area (Å²) >= 11 is 8.43. The van der Waals surface area contributed by atoms with Crippen molar-refractivity contribution >= 4 is 51.0 Å². The van der Waals surface area contributed by atoms with Gasteiger partial charge in [-0.2, -0.15) is 18.2 Å². The molecule has 358 valence electrons. The molecule has 1 aliphatic heterocycles. The first-order valence-corrected chi connectivity index (χ1v) is 22.7. The smallest absolute Gasteiger partial charge is 0.392 e. The monoisotopic (exact) mass is 979 g/mol. The second kappa shape index (κ2) is 22.5. The summed E-state index contributed by atoms with van der Waals surface area (Å²) in [6.45, 7) is 6.10. The van der Waals surface area contributed by atoms with E-state index >= 15 is 0 Å². The number of fused-ring (bicyclic) bond motifs is 1. The number of benzene rings is 3. The standard InChI is InChI=1S/C47H46ClF4N7O8S/c1-3-64-45(63)36(22-31-20-28(21-38(61)62)4-11-35(31)66-25-33-12-14-55-46(58-33)65-19-13-47(50,51)52)67-43-40-39(42(68-44(40)57-26-56-43)29-5-8-32(49)9-6-29)34-10-7-30(41(48)27(34)2)23-53-15-17-59-18-16-54-37(60)24-59/h4-12,14,20,26,36,53H,3,13,15-19,21-25H2,1-2H3,(H,54,60)(H,61,62)/t36-/m1/s1. The summed E-state index contributed by atoms with van der Waals surface area (Å²) in [5, 5.41) is 16.8. The van der Waals surface area contributed by atoms with Crippen LogP contribution in [0.1, 0.15) is 41.3 Å². The van der Waals surface area contributed by atoms with E-state index in [1.165, 1.54) is 48.1 Å². The molecule has 4 heterocycles. The van der Waals surface area contributed by atoms with E-state index < -0.39 is 43.1 Å². The molecule has 1 atom stereocenters. The van der Waals surface area contributed by atoms with Gasteiger partial charge in [0.25, 0.3) is 0 Å². The molecule has 1 amide bonds. The number of rotatable bonds is 21. The van der Waals surface area contributed by atoms with Crippen molar-refractivity contribution in [3.05, 3.63) is 112 Å². The number of aliphatic carboxylic acids is 1. The van der Waals surface area contributed by atoms with Crippen LogP contribution in [0.2, 0.25) is 5.02 Å². The number of ether oxygens (including phenoxy) is 4. The van der Waals surface area contributed by atoms with Crippen LogP contribution in [0.25, 0.3) is 31.8 Å². The fraction of sp³-hybridized carbons (Fsp3) is 0.340. The van der Waals surface area contributed by atoms with Gasteiger partial charge in [-0.15, -0.1) is 11.3 Å². The first-order chi connectivity index (χ1) is 32.6. The number of piperazine rings is 1. The van der Waals surface area contributed by atoms with Crippen LogP contribution in [-0.4, -0.2) is 106 Å². The zero-order valence-electron chi connectivity index (χ0n) is 36.8. The lowest BCUT2D eigenvalue weighted by Gasteiger charge is -2.26. The van der Waals surface area contributed by atoms with Crippen molar-refractivity contribution in [1.82, 2.24) is 35.5 Å². The van der Waals surface area contributed by atoms with Crippen LogP contribution in [0.3, 0.4) is 0 Å². The highest BCUT2D eigenvalue weighted by molar-refractivity contribution is 7.22. The number of halogens is 5. The van der Waals surface area contributed by atoms with Crippen molar-refractivity contribution in [2.45, 2.75) is 58.5 Å². The third-order valence-electron chi connectivity index (χ3n) is 10.7. The first kappa shape index (κ1) is 49.4. The largest absolute Gasteiger partial charge is 0.487 e. The van der Waals surface area contributed by atoms with Crippen LogP contribution in [0.5, 0.6) is 17.6 Å². The van der Waals surface area contributed by atoms with Crippen LogP contribution in [-0.2, 0) is 45.1 Å². The number of nitrogens with one attached hydrogen (secondary N) is 2. The molecule has 15 nitrogen and oxygen atoms in total. The van der Waals surface area contributed by atoms with E-state index in [1.54, 1.807) is 31.2 Å². The average Bonchev–Trinajstić information content (AvgIpc) is 3.69. The predicted molar refractivity (Wildman–Crippen MR) is 244 cm³/mol. The van der Waals surface area contributed by atoms with E-state index in [0.29, 0.717) is 80.7 Å². The number of amides is 1. The molecular formula is C47H46ClF4N7O8S. The number of carbonyl (C=O) groups excluding carboxylic acids is 2. The van der Waals surface area contributed by atoms with Gasteiger partial charge in [0, 0.05) is 60.8 Å². The normalized spacial score (nSPS) is 13.5. The van der Waals surface area contributed by atoms with Gasteiger partial charge >= 0.3 is 24.1 Å². The number of carboxylic acids is 1. The zero-order chi connectivity index (χ0) is 48.4. The number of carbonyl (C=O) groups is 3. The lowest BCUT2D eigenvalue weighted by atomic mass is 9.94. The summed E-state index contributed by atoms with van der Waals surface area (Å²) < 4.78 is 75.7. The molecule has 0 unspecified atom stereocenters. The molecule has 1 saturated heterocycles. The first-order valence-electron chi connectivity index (χ1n) is 21.5. The van der Waals surface area contributed by atoms with Crippen LogP contribution in [0.4, 0.5) is 17.6 Å². The number of hydrogen-bond acceptors (Lipinski definition) is 14. The molecule has 6 aromatic rings. The molecule has 1 fully saturated rings. The summed E-state index contributed by atoms with van der Waals surface area (Å²) in [6.07, 6.45) is -4.96. The van der Waals surface area contributed by atoms with Gasteiger partial charge in [0.1, 0.15) is 35.9 Å². The Morgan fingerprint density at radius 1 is 1.04 bits per heavy atom. The molecule has 0 bridgehead atoms. The maximum atomic E-state index is 14.3. The molecule has 7 rings (SSSR count). The SMILES string of the molecule is CCOC(=O)[C@@H](Cc1cc(CC(=O)O)ccc1OCc1ccnc(OCCC(F)(F)F)n1)Oc1ncnc2sc(-c3ccc(F)cc3)c(-c3ccc(CNCCN4CCNC(=O)C4)c(Cl)c3C)c12. The molecule has 3 aromatic heterocycles. The van der Waals surface area contributed by atoms with Crippen molar-refractivity contribution in [3.63, 3.8) is 0 Å². The van der Waals surface area contributed by atoms with Gasteiger partial charge in [-0.3, -0.25) is 14.5 Å². The summed E-state index contributed by atoms with van der Waals surface area (Å²) in [7, 11) is 0. The molecular weight excluding hydrogens is 934 g/mol. The minimum atomic E-state index is -4.43. The van der Waals surface area contributed by atoms with E-state index in [2.05, 4.69) is 35.5 Å². The quantitative estimate of drug-likeness (QED) is 0.0365. The number of thiophene rings is 1. The Morgan fingerprint density at radius 3 is 2.60 bits per heavy atom. The summed E-state index contributed by atoms with van der Waals surface area (Å²) in [4.78, 5) is 57.9. The molecule has 0 radical (unpaired) electrons. The number of carboxylic acid groups (broad SMARTS) is 1. The van der Waals surface area contributed by atoms with Crippen LogP contribution in [0, 0.1) is 12.7 Å². The molecule has 3 aromatic carbocycles. The van der Waals surface area contributed by atoms with Crippen LogP contribution in [0.15, 0.2) is 73.2 Å². The van der Waals surface area contributed by atoms with Crippen molar-refractivity contribution in [2.75, 3.05) is 45.9 Å². The number of nitrogens with zero attached hydrogens (tertiary/aromatic N) is 5. The molecule has 0 saturated carbocycles. The highest BCUT2D eigenvalue weighted by Gasteiger charge is 2.30. The minimum absolute atomic E-state index is 0.00162. The Balaban J connectivity index is 1.22. The van der Waals surface area contributed by atoms with Gasteiger partial charge < -0.3 is 34.7 Å². The van der Waals surface area contributed by atoms with Crippen LogP contribution < -0.4 is 24.8 Å². The lowest BCUT2D eigenvalue weighted by molar-refractivity contribution is -0.151. The van der Waals surface area contributed by atoms with Gasteiger partial charge in [0.15, 0.2) is 0 Å². The number of aromatic nitrogens is 4. The second-order valence-corrected chi connectivity index (χ2v) is 17.0. The number of alkyl halides is 3. The summed E-state index contributed by atoms with van der Waals surface area (Å²) in [5.41, 5.74) is 4.55. The Bertz CT molecular complexity index is 2760. The van der Waals surface area contributed by atoms with Gasteiger partial charge in [-0.25, -0.2) is 24.1 Å². The highest BCUT2D eigenvalue weighted by Crippen LogP contribution is 2.49. The Labute approximate surface area is 396 Å². The van der Waals surface area contributed by atoms with Crippen molar-refractivity contribution in [3.8, 4) is 39.2 Å². The van der Waals surface area contributed by atoms with Gasteiger partial charge in [-0.1, -0.05) is 48.0 Å². The summed E-state index contributed by atoms with van der Waals surface area (Å²) in [6, 6.07) is 15.7. The van der Waals surface area contributed by atoms with Crippen molar-refractivity contribution in [1.29, 1.82) is 0 Å². The maximum Gasteiger partial charge on any atom is 0.392 e. The zero-order valence-corrected chi connectivity index (χ0v) is 38.4. The van der Waals surface area contributed by atoms with Gasteiger partial charge in [0.05, 0.1) is 37.1 Å². The Kier molecular flexibility index (Phi) is 16.4. The van der Waals surface area contributed by atoms with E-state index in [-0.39, 0.29) is 55.3 Å². The van der Waals surface area contributed by atoms with E-state index in [4.69, 9.17) is 30.5 Å². The van der Waals surface area contributed by atoms with E-state index in [0.717, 1.165) is 17.7 Å². The maximum absolute atomic E-state index is 14.3. The van der Waals surface area contributed by atoms with E-state index in [1.807, 2.05) is 19.1 Å². The summed E-state index contributed by atoms with van der Waals surface area (Å²) in [5.74, 6) is -2.06. The molecule has 0 aliphatic carbocycles. The van der Waals surface area contributed by atoms with Crippen molar-refractivity contribution < 1.29 is 56.0 Å². The predicted octanol–water partition coefficient (Wildman–Crippen LogP) is 7.53. The fourth-order valence-electron chi connectivity index (χ4n) is 7.44. The lowest BCUT2D eigenvalue weighted by Crippen LogP contribution is -2.49. The van der Waals surface area contributed by atoms with Crippen LogP contribution >= 0.6 is 22.9 Å². The minimum Gasteiger partial charge on any atom is -0.487 e. The van der Waals surface area contributed by atoms with Crippen molar-refractivity contribution in [2.24, 2.45) is 0 Å². The number of esters is 1. The average molecular weight is 980 g/mol. The third-order valence-corrected chi connectivity index (χ3v) is 12.4. The Hall–Kier alpha value is -6.48. The fourth-order valence-corrected chi connectivity index (χ4v) is 8.83. The second-order valence-electron chi connectivity index (χ2n) is 15.6. The molecule has 3 N–H and O–H groups in total.